The Balaban J connectivity index is 1.43. The molecule has 32 heavy (non-hydrogen) atoms. The number of anilines is 1. The number of hydrogen-bond donors (Lipinski definition) is 1. The van der Waals surface area contributed by atoms with E-state index in [0.717, 1.165) is 69.3 Å². The lowest BCUT2D eigenvalue weighted by Gasteiger charge is -2.37. The van der Waals surface area contributed by atoms with Crippen LogP contribution in [0.25, 0.3) is 10.9 Å². The van der Waals surface area contributed by atoms with E-state index in [1.165, 1.54) is 32.1 Å². The Morgan fingerprint density at radius 1 is 1.06 bits per heavy atom. The average Bonchev–Trinajstić information content (AvgIpc) is 3.29. The Hall–Kier alpha value is -1.79. The summed E-state index contributed by atoms with van der Waals surface area (Å²) >= 11 is 0. The number of halogens is 2. The second-order valence-electron chi connectivity index (χ2n) is 9.53. The van der Waals surface area contributed by atoms with Crippen LogP contribution in [0.1, 0.15) is 70.3 Å². The number of fused-ring (bicyclic) bond motifs is 1. The van der Waals surface area contributed by atoms with Gasteiger partial charge in [0.1, 0.15) is 5.82 Å². The van der Waals surface area contributed by atoms with Crippen LogP contribution in [0.3, 0.4) is 0 Å². The number of nitrogens with zero attached hydrogens (tertiary/aromatic N) is 2. The van der Waals surface area contributed by atoms with Crippen LogP contribution < -0.4 is 4.90 Å². The monoisotopic (exact) mass is 446 g/mol. The summed E-state index contributed by atoms with van der Waals surface area (Å²) < 4.78 is 33.2. The Morgan fingerprint density at radius 3 is 2.59 bits per heavy atom. The van der Waals surface area contributed by atoms with Crippen LogP contribution in [0.4, 0.5) is 14.6 Å². The minimum Gasteiger partial charge on any atom is -0.392 e. The fourth-order valence-corrected chi connectivity index (χ4v) is 5.57. The molecule has 1 aromatic carbocycles. The Bertz CT molecular complexity index is 899. The predicted molar refractivity (Wildman–Crippen MR) is 124 cm³/mol. The van der Waals surface area contributed by atoms with E-state index in [-0.39, 0.29) is 6.61 Å². The van der Waals surface area contributed by atoms with Crippen LogP contribution in [0.15, 0.2) is 18.2 Å². The molecule has 0 bridgehead atoms. The number of pyridine rings is 1. The molecule has 2 aromatic rings. The van der Waals surface area contributed by atoms with Gasteiger partial charge in [-0.05, 0) is 62.5 Å². The second-order valence-corrected chi connectivity index (χ2v) is 9.53. The molecule has 4 rings (SSSR count). The summed E-state index contributed by atoms with van der Waals surface area (Å²) in [6.07, 6.45) is 10.6. The predicted octanol–water partition coefficient (Wildman–Crippen LogP) is 5.99. The maximum absolute atomic E-state index is 13.8. The van der Waals surface area contributed by atoms with Gasteiger partial charge in [0.15, 0.2) is 11.6 Å². The summed E-state index contributed by atoms with van der Waals surface area (Å²) in [5.41, 5.74) is 1.13. The van der Waals surface area contributed by atoms with Gasteiger partial charge < -0.3 is 14.7 Å². The maximum Gasteiger partial charge on any atom is 0.161 e. The van der Waals surface area contributed by atoms with Crippen LogP contribution in [-0.2, 0) is 11.3 Å². The van der Waals surface area contributed by atoms with Crippen LogP contribution in [0, 0.1) is 23.5 Å². The van der Waals surface area contributed by atoms with Gasteiger partial charge in [0.2, 0.25) is 0 Å². The molecule has 0 amide bonds. The molecule has 1 atom stereocenters. The van der Waals surface area contributed by atoms with E-state index in [1.54, 1.807) is 6.07 Å². The zero-order valence-electron chi connectivity index (χ0n) is 19.2. The van der Waals surface area contributed by atoms with Gasteiger partial charge in [-0.3, -0.25) is 0 Å². The lowest BCUT2D eigenvalue weighted by atomic mass is 9.77. The number of aromatic nitrogens is 1. The highest BCUT2D eigenvalue weighted by Crippen LogP contribution is 2.40. The molecule has 1 aromatic heterocycles. The molecular formula is C26H36F2N2O2. The smallest absolute Gasteiger partial charge is 0.161 e. The summed E-state index contributed by atoms with van der Waals surface area (Å²) in [6, 6.07) is 4.48. The Morgan fingerprint density at radius 2 is 1.84 bits per heavy atom. The average molecular weight is 447 g/mol. The highest BCUT2D eigenvalue weighted by molar-refractivity contribution is 5.82. The quantitative estimate of drug-likeness (QED) is 0.481. The van der Waals surface area contributed by atoms with Crippen molar-refractivity contribution in [3.63, 3.8) is 0 Å². The first-order valence-electron chi connectivity index (χ1n) is 12.3. The van der Waals surface area contributed by atoms with Crippen molar-refractivity contribution in [2.24, 2.45) is 11.8 Å². The molecule has 0 spiro atoms. The highest BCUT2D eigenvalue weighted by Gasteiger charge is 2.35. The molecule has 1 aliphatic carbocycles. The number of unbranched alkanes of at least 4 members (excludes halogenated alkanes) is 1. The van der Waals surface area contributed by atoms with Gasteiger partial charge in [0, 0.05) is 42.8 Å². The number of rotatable bonds is 9. The SMILES string of the molecule is CCCCOCCC1CCC([C@H]2CCCN2c2nc3cc(F)c(F)cc3cc2CO)CC1. The Labute approximate surface area is 190 Å². The van der Waals surface area contributed by atoms with E-state index < -0.39 is 11.6 Å². The number of aliphatic hydroxyl groups is 1. The third-order valence-corrected chi connectivity index (χ3v) is 7.40. The number of hydrogen-bond acceptors (Lipinski definition) is 4. The largest absolute Gasteiger partial charge is 0.392 e. The topological polar surface area (TPSA) is 45.6 Å². The third-order valence-electron chi connectivity index (χ3n) is 7.40. The molecule has 6 heteroatoms. The summed E-state index contributed by atoms with van der Waals surface area (Å²) in [7, 11) is 0. The minimum absolute atomic E-state index is 0.161. The van der Waals surface area contributed by atoms with E-state index >= 15 is 0 Å². The molecule has 0 radical (unpaired) electrons. The summed E-state index contributed by atoms with van der Waals surface area (Å²) in [6.45, 7) is 4.68. The van der Waals surface area contributed by atoms with Crippen LogP contribution in [0.2, 0.25) is 0 Å². The fraction of sp³-hybridized carbons (Fsp3) is 0.654. The Kier molecular flexibility index (Phi) is 7.95. The standard InChI is InChI=1S/C26H36F2N2O2/c1-2-3-12-32-13-10-18-6-8-19(9-7-18)25-5-4-11-30(25)26-21(17-31)14-20-15-22(27)23(28)16-24(20)29-26/h14-16,18-19,25,31H,2-13,17H2,1H3/t18?,19?,25-/m1/s1. The molecule has 2 fully saturated rings. The van der Waals surface area contributed by atoms with Crippen molar-refractivity contribution in [1.82, 2.24) is 4.98 Å². The lowest BCUT2D eigenvalue weighted by molar-refractivity contribution is 0.106. The van der Waals surface area contributed by atoms with Crippen LogP contribution in [0.5, 0.6) is 0 Å². The minimum atomic E-state index is -0.887. The van der Waals surface area contributed by atoms with Crippen molar-refractivity contribution in [3.8, 4) is 0 Å². The van der Waals surface area contributed by atoms with E-state index in [4.69, 9.17) is 9.72 Å². The van der Waals surface area contributed by atoms with Crippen LogP contribution >= 0.6 is 0 Å². The van der Waals surface area contributed by atoms with Gasteiger partial charge in [0.05, 0.1) is 12.1 Å². The van der Waals surface area contributed by atoms with Gasteiger partial charge in [-0.2, -0.15) is 0 Å². The zero-order valence-corrected chi connectivity index (χ0v) is 19.2. The molecule has 1 aliphatic heterocycles. The first kappa shape index (κ1) is 23.4. The van der Waals surface area contributed by atoms with Gasteiger partial charge in [-0.25, -0.2) is 13.8 Å². The summed E-state index contributed by atoms with van der Waals surface area (Å²) in [4.78, 5) is 7.02. The molecule has 176 valence electrons. The van der Waals surface area contributed by atoms with Gasteiger partial charge >= 0.3 is 0 Å². The van der Waals surface area contributed by atoms with Crippen molar-refractivity contribution >= 4 is 16.7 Å². The summed E-state index contributed by atoms with van der Waals surface area (Å²) in [5, 5.41) is 10.5. The molecular weight excluding hydrogens is 410 g/mol. The number of aliphatic hydroxyl groups excluding tert-OH is 1. The van der Waals surface area contributed by atoms with Crippen LogP contribution in [-0.4, -0.2) is 35.9 Å². The van der Waals surface area contributed by atoms with E-state index in [0.29, 0.717) is 28.4 Å². The van der Waals surface area contributed by atoms with E-state index in [1.807, 2.05) is 0 Å². The maximum atomic E-state index is 13.8. The van der Waals surface area contributed by atoms with E-state index in [9.17, 15) is 13.9 Å². The molecule has 2 heterocycles. The van der Waals surface area contributed by atoms with Crippen molar-refractivity contribution in [3.05, 3.63) is 35.4 Å². The van der Waals surface area contributed by atoms with Gasteiger partial charge in [-0.1, -0.05) is 26.2 Å². The zero-order chi connectivity index (χ0) is 22.5. The first-order chi connectivity index (χ1) is 15.6. The lowest BCUT2D eigenvalue weighted by Crippen LogP contribution is -2.38. The van der Waals surface area contributed by atoms with Gasteiger partial charge in [-0.15, -0.1) is 0 Å². The molecule has 1 saturated heterocycles. The molecule has 1 saturated carbocycles. The molecule has 4 nitrogen and oxygen atoms in total. The molecule has 1 N–H and O–H groups in total. The van der Waals surface area contributed by atoms with Crippen molar-refractivity contribution in [2.45, 2.75) is 77.4 Å². The number of benzene rings is 1. The highest BCUT2D eigenvalue weighted by atomic mass is 19.2. The van der Waals surface area contributed by atoms with Crippen molar-refractivity contribution in [2.75, 3.05) is 24.7 Å². The second kappa shape index (κ2) is 10.9. The normalized spacial score (nSPS) is 23.9. The summed E-state index contributed by atoms with van der Waals surface area (Å²) in [5.74, 6) is 0.335. The van der Waals surface area contributed by atoms with Crippen molar-refractivity contribution in [1.29, 1.82) is 0 Å². The molecule has 0 unspecified atom stereocenters. The number of ether oxygens (including phenoxy) is 1. The van der Waals surface area contributed by atoms with E-state index in [2.05, 4.69) is 11.8 Å². The fourth-order valence-electron chi connectivity index (χ4n) is 5.57. The third kappa shape index (κ3) is 5.23. The van der Waals surface area contributed by atoms with Crippen molar-refractivity contribution < 1.29 is 18.6 Å². The van der Waals surface area contributed by atoms with Gasteiger partial charge in [0.25, 0.3) is 0 Å². The first-order valence-corrected chi connectivity index (χ1v) is 12.3. The molecule has 2 aliphatic rings.